The summed E-state index contributed by atoms with van der Waals surface area (Å²) in [6.07, 6.45) is 3.75. The Morgan fingerprint density at radius 1 is 1.26 bits per heavy atom. The smallest absolute Gasteiger partial charge is 0.436 e. The fourth-order valence-electron chi connectivity index (χ4n) is 4.58. The summed E-state index contributed by atoms with van der Waals surface area (Å²) in [5.41, 5.74) is -1.05. The molecule has 2 saturated heterocycles. The second-order valence-corrected chi connectivity index (χ2v) is 10.6. The summed E-state index contributed by atoms with van der Waals surface area (Å²) in [6.45, 7) is 10.3. The van der Waals surface area contributed by atoms with Crippen LogP contribution in [0.1, 0.15) is 66.7 Å². The summed E-state index contributed by atoms with van der Waals surface area (Å²) in [5, 5.41) is 1.26. The van der Waals surface area contributed by atoms with Gasteiger partial charge in [-0.2, -0.15) is 16.8 Å². The maximum atomic E-state index is 13.6. The first-order valence-corrected chi connectivity index (χ1v) is 12.8. The van der Waals surface area contributed by atoms with Gasteiger partial charge in [-0.25, -0.2) is 9.63 Å². The van der Waals surface area contributed by atoms with Crippen LogP contribution in [0, 0.1) is 5.92 Å². The first kappa shape index (κ1) is 24.2. The number of ether oxygens (including phenoxy) is 1. The van der Waals surface area contributed by atoms with Crippen molar-refractivity contribution < 1.29 is 24.0 Å². The standard InChI is InChI=1S/C22H37N3O5S/c1-14(2)8-12-23-16(5)18-24(17(19(23)26)9-13-31-6)20(27)22(10-7-11-22)30-25(18)21(28)29-15(3)4/h14-18H,7-13H2,1-6H3/t16-,17-,18?/m1/s1. The second kappa shape index (κ2) is 9.57. The third kappa shape index (κ3) is 4.53. The van der Waals surface area contributed by atoms with Gasteiger partial charge in [0.15, 0.2) is 11.8 Å². The highest BCUT2D eigenvalue weighted by molar-refractivity contribution is 7.98. The van der Waals surface area contributed by atoms with Crippen LogP contribution >= 0.6 is 11.8 Å². The monoisotopic (exact) mass is 455 g/mol. The van der Waals surface area contributed by atoms with E-state index >= 15 is 0 Å². The molecular weight excluding hydrogens is 418 g/mol. The molecule has 3 atom stereocenters. The number of hydrogen-bond donors (Lipinski definition) is 0. The van der Waals surface area contributed by atoms with E-state index < -0.39 is 29.9 Å². The molecule has 3 fully saturated rings. The molecule has 3 amide bonds. The molecule has 1 unspecified atom stereocenters. The minimum Gasteiger partial charge on any atom is -0.445 e. The van der Waals surface area contributed by atoms with Gasteiger partial charge < -0.3 is 14.5 Å². The lowest BCUT2D eigenvalue weighted by molar-refractivity contribution is -0.320. The van der Waals surface area contributed by atoms with Gasteiger partial charge in [-0.15, -0.1) is 0 Å². The molecule has 0 aromatic heterocycles. The lowest BCUT2D eigenvalue weighted by atomic mass is 9.77. The Morgan fingerprint density at radius 2 is 1.94 bits per heavy atom. The van der Waals surface area contributed by atoms with Gasteiger partial charge in [0.1, 0.15) is 6.04 Å². The number of amides is 3. The molecule has 1 aliphatic carbocycles. The van der Waals surface area contributed by atoms with Crippen molar-refractivity contribution in [2.24, 2.45) is 5.92 Å². The number of carbonyl (C=O) groups is 3. The van der Waals surface area contributed by atoms with Gasteiger partial charge >= 0.3 is 6.09 Å². The predicted octanol–water partition coefficient (Wildman–Crippen LogP) is 3.25. The van der Waals surface area contributed by atoms with E-state index in [0.717, 1.165) is 18.6 Å². The van der Waals surface area contributed by atoms with Crippen LogP contribution in [0.25, 0.3) is 0 Å². The van der Waals surface area contributed by atoms with Crippen LogP contribution in [0.4, 0.5) is 4.79 Å². The van der Waals surface area contributed by atoms with Crippen molar-refractivity contribution in [2.45, 2.75) is 96.7 Å². The molecule has 9 heteroatoms. The van der Waals surface area contributed by atoms with Gasteiger partial charge in [-0.3, -0.25) is 9.59 Å². The predicted molar refractivity (Wildman–Crippen MR) is 119 cm³/mol. The quantitative estimate of drug-likeness (QED) is 0.586. The topological polar surface area (TPSA) is 79.4 Å². The zero-order chi connectivity index (χ0) is 22.9. The van der Waals surface area contributed by atoms with Crippen molar-refractivity contribution in [2.75, 3.05) is 18.6 Å². The molecule has 31 heavy (non-hydrogen) atoms. The second-order valence-electron chi connectivity index (χ2n) is 9.58. The largest absolute Gasteiger partial charge is 0.445 e. The van der Waals surface area contributed by atoms with Crippen molar-refractivity contribution in [1.29, 1.82) is 0 Å². The highest BCUT2D eigenvalue weighted by Crippen LogP contribution is 2.45. The van der Waals surface area contributed by atoms with E-state index in [0.29, 0.717) is 31.7 Å². The Kier molecular flexibility index (Phi) is 7.46. The third-order valence-electron chi connectivity index (χ3n) is 6.47. The first-order chi connectivity index (χ1) is 14.6. The average Bonchev–Trinajstić information content (AvgIpc) is 2.66. The summed E-state index contributed by atoms with van der Waals surface area (Å²) in [6, 6.07) is -0.984. The summed E-state index contributed by atoms with van der Waals surface area (Å²) in [5.74, 6) is 1.00. The van der Waals surface area contributed by atoms with Crippen LogP contribution in [0.2, 0.25) is 0 Å². The van der Waals surface area contributed by atoms with Gasteiger partial charge in [-0.05, 0) is 70.8 Å². The zero-order valence-corrected chi connectivity index (χ0v) is 20.4. The fourth-order valence-corrected chi connectivity index (χ4v) is 5.04. The van der Waals surface area contributed by atoms with Crippen LogP contribution in [-0.4, -0.2) is 81.3 Å². The number of nitrogens with zero attached hydrogens (tertiary/aromatic N) is 3. The summed E-state index contributed by atoms with van der Waals surface area (Å²) >= 11 is 1.65. The van der Waals surface area contributed by atoms with Gasteiger partial charge in [0.2, 0.25) is 5.91 Å². The van der Waals surface area contributed by atoms with E-state index in [4.69, 9.17) is 9.57 Å². The van der Waals surface area contributed by atoms with Gasteiger partial charge in [0.25, 0.3) is 5.91 Å². The number of piperazine rings is 1. The van der Waals surface area contributed by atoms with Gasteiger partial charge in [0.05, 0.1) is 12.1 Å². The first-order valence-electron chi connectivity index (χ1n) is 11.4. The Hall–Kier alpha value is -1.48. The summed E-state index contributed by atoms with van der Waals surface area (Å²) in [7, 11) is 0. The van der Waals surface area contributed by atoms with E-state index in [2.05, 4.69) is 13.8 Å². The van der Waals surface area contributed by atoms with E-state index in [1.807, 2.05) is 18.1 Å². The number of rotatable bonds is 7. The van der Waals surface area contributed by atoms with Crippen LogP contribution in [0.3, 0.4) is 0 Å². The average molecular weight is 456 g/mol. The number of fused-ring (bicyclic) bond motifs is 1. The van der Waals surface area contributed by atoms with Crippen molar-refractivity contribution in [3.05, 3.63) is 0 Å². The molecule has 0 aromatic rings. The Labute approximate surface area is 189 Å². The van der Waals surface area contributed by atoms with Crippen molar-refractivity contribution >= 4 is 29.7 Å². The van der Waals surface area contributed by atoms with Crippen LogP contribution < -0.4 is 0 Å². The van der Waals surface area contributed by atoms with E-state index in [9.17, 15) is 14.4 Å². The highest BCUT2D eigenvalue weighted by Gasteiger charge is 2.63. The molecule has 3 aliphatic rings. The number of hydroxylamine groups is 2. The molecule has 1 spiro atoms. The minimum absolute atomic E-state index is 0.0275. The molecule has 1 saturated carbocycles. The van der Waals surface area contributed by atoms with Gasteiger partial charge in [0, 0.05) is 6.54 Å². The van der Waals surface area contributed by atoms with Gasteiger partial charge in [-0.1, -0.05) is 13.8 Å². The van der Waals surface area contributed by atoms with E-state index in [-0.39, 0.29) is 17.9 Å². The molecule has 3 rings (SSSR count). The Balaban J connectivity index is 2.00. The maximum Gasteiger partial charge on any atom is 0.436 e. The van der Waals surface area contributed by atoms with Crippen LogP contribution in [-0.2, 0) is 19.2 Å². The highest BCUT2D eigenvalue weighted by atomic mass is 32.2. The lowest BCUT2D eigenvalue weighted by Gasteiger charge is -2.60. The van der Waals surface area contributed by atoms with E-state index in [1.165, 1.54) is 5.06 Å². The number of hydrogen-bond acceptors (Lipinski definition) is 6. The molecule has 0 radical (unpaired) electrons. The maximum absolute atomic E-state index is 13.6. The third-order valence-corrected chi connectivity index (χ3v) is 7.11. The van der Waals surface area contributed by atoms with Crippen LogP contribution in [0.15, 0.2) is 0 Å². The van der Waals surface area contributed by atoms with Crippen molar-refractivity contribution in [3.63, 3.8) is 0 Å². The molecule has 176 valence electrons. The zero-order valence-electron chi connectivity index (χ0n) is 19.6. The normalized spacial score (nSPS) is 27.7. The number of thioether (sulfide) groups is 1. The Morgan fingerprint density at radius 3 is 2.45 bits per heavy atom. The molecular formula is C22H37N3O5S. The van der Waals surface area contributed by atoms with Crippen molar-refractivity contribution in [1.82, 2.24) is 14.9 Å². The molecule has 0 bridgehead atoms. The Bertz CT molecular complexity index is 697. The molecule has 8 nitrogen and oxygen atoms in total. The summed E-state index contributed by atoms with van der Waals surface area (Å²) in [4.78, 5) is 49.9. The minimum atomic E-state index is -1.05. The van der Waals surface area contributed by atoms with Crippen molar-refractivity contribution in [3.8, 4) is 0 Å². The van der Waals surface area contributed by atoms with E-state index in [1.54, 1.807) is 30.5 Å². The fraction of sp³-hybridized carbons (Fsp3) is 0.864. The van der Waals surface area contributed by atoms with Crippen LogP contribution in [0.5, 0.6) is 0 Å². The number of carbonyl (C=O) groups excluding carboxylic acids is 3. The molecule has 2 aliphatic heterocycles. The summed E-state index contributed by atoms with van der Waals surface area (Å²) < 4.78 is 5.48. The lowest BCUT2D eigenvalue weighted by Crippen LogP contribution is -2.79. The molecule has 2 heterocycles. The molecule has 0 N–H and O–H groups in total. The SMILES string of the molecule is CSCC[C@@H]1C(=O)N(CCC(C)C)[C@H](C)C2N(C(=O)OC(C)C)OC3(CCC3)C(=O)N21. The molecule has 0 aromatic carbocycles.